The lowest BCUT2D eigenvalue weighted by molar-refractivity contribution is -0.889. The molecule has 2 amide bonds. The highest BCUT2D eigenvalue weighted by atomic mass is 16.2. The second-order valence-electron chi connectivity index (χ2n) is 7.78. The van der Waals surface area contributed by atoms with Gasteiger partial charge in [0.25, 0.3) is 11.8 Å². The first-order valence-corrected chi connectivity index (χ1v) is 10.2. The highest BCUT2D eigenvalue weighted by molar-refractivity contribution is 5.99. The number of hydrogen-bond acceptors (Lipinski definition) is 4. The van der Waals surface area contributed by atoms with Crippen molar-refractivity contribution in [3.63, 3.8) is 0 Å². The number of benzene rings is 2. The molecule has 0 radical (unpaired) electrons. The molecule has 2 rings (SSSR count). The molecule has 31 heavy (non-hydrogen) atoms. The van der Waals surface area contributed by atoms with E-state index in [0.717, 1.165) is 36.2 Å². The number of azide groups is 1. The third kappa shape index (κ3) is 7.65. The average Bonchev–Trinajstić information content (AvgIpc) is 2.77. The molecule has 0 unspecified atom stereocenters. The average molecular weight is 425 g/mol. The number of carbonyl (C=O) groups is 2. The Morgan fingerprint density at radius 3 is 2.39 bits per heavy atom. The van der Waals surface area contributed by atoms with Crippen LogP contribution in [0, 0.1) is 0 Å². The molecule has 3 N–H and O–H groups in total. The standard InChI is InChI=1S/C22H29N7O2/c1-24-22(31)19-7-4-5-8-20(19)25-13-6-15-29(2,3)16-14-26-21(30)17-9-11-18(12-10-17)27-28-23/h4-5,7-12H,6,13-16H2,1-3H3,(H2-,24,25,26,30,31)/p+1. The summed E-state index contributed by atoms with van der Waals surface area (Å²) in [6.07, 6.45) is 0.921. The second kappa shape index (κ2) is 11.6. The number of carbonyl (C=O) groups excluding carboxylic acids is 2. The summed E-state index contributed by atoms with van der Waals surface area (Å²) in [7, 11) is 5.87. The van der Waals surface area contributed by atoms with E-state index < -0.39 is 0 Å². The predicted molar refractivity (Wildman–Crippen MR) is 122 cm³/mol. The molecule has 0 spiro atoms. The minimum absolute atomic E-state index is 0.109. The van der Waals surface area contributed by atoms with Gasteiger partial charge in [-0.05, 0) is 29.8 Å². The summed E-state index contributed by atoms with van der Waals surface area (Å²) in [4.78, 5) is 26.9. The van der Waals surface area contributed by atoms with E-state index in [1.165, 1.54) is 0 Å². The zero-order chi connectivity index (χ0) is 22.7. The molecular weight excluding hydrogens is 394 g/mol. The Bertz CT molecular complexity index is 935. The van der Waals surface area contributed by atoms with Gasteiger partial charge in [-0.25, -0.2) is 0 Å². The number of quaternary nitrogens is 1. The van der Waals surface area contributed by atoms with Gasteiger partial charge in [0.2, 0.25) is 0 Å². The van der Waals surface area contributed by atoms with E-state index in [1.54, 1.807) is 37.4 Å². The van der Waals surface area contributed by atoms with E-state index in [9.17, 15) is 9.59 Å². The molecule has 9 heteroatoms. The Hall–Kier alpha value is -3.55. The van der Waals surface area contributed by atoms with Crippen molar-refractivity contribution in [3.05, 3.63) is 70.1 Å². The molecule has 0 aromatic heterocycles. The van der Waals surface area contributed by atoms with Crippen LogP contribution < -0.4 is 16.0 Å². The van der Waals surface area contributed by atoms with E-state index in [0.29, 0.717) is 23.4 Å². The quantitative estimate of drug-likeness (QED) is 0.169. The predicted octanol–water partition coefficient (Wildman–Crippen LogP) is 3.30. The van der Waals surface area contributed by atoms with Crippen molar-refractivity contribution < 1.29 is 14.1 Å². The van der Waals surface area contributed by atoms with Crippen molar-refractivity contribution in [1.29, 1.82) is 0 Å². The van der Waals surface area contributed by atoms with E-state index in [1.807, 2.05) is 18.2 Å². The van der Waals surface area contributed by atoms with Crippen molar-refractivity contribution in [2.45, 2.75) is 6.42 Å². The van der Waals surface area contributed by atoms with Gasteiger partial charge in [0.1, 0.15) is 0 Å². The maximum Gasteiger partial charge on any atom is 0.253 e. The molecule has 164 valence electrons. The topological polar surface area (TPSA) is 119 Å². The Kier molecular flexibility index (Phi) is 8.87. The summed E-state index contributed by atoms with van der Waals surface area (Å²) in [5.74, 6) is -0.262. The summed E-state index contributed by atoms with van der Waals surface area (Å²) in [6, 6.07) is 14.0. The molecule has 0 atom stereocenters. The molecular formula is C22H30N7O2+. The van der Waals surface area contributed by atoms with Crippen LogP contribution in [0.1, 0.15) is 27.1 Å². The summed E-state index contributed by atoms with van der Waals surface area (Å²) >= 11 is 0. The smallest absolute Gasteiger partial charge is 0.253 e. The van der Waals surface area contributed by atoms with Crippen LogP contribution in [0.5, 0.6) is 0 Å². The summed E-state index contributed by atoms with van der Waals surface area (Å²) in [6.45, 7) is 3.01. The van der Waals surface area contributed by atoms with Gasteiger partial charge in [-0.1, -0.05) is 29.4 Å². The second-order valence-corrected chi connectivity index (χ2v) is 7.78. The van der Waals surface area contributed by atoms with Gasteiger partial charge in [0.15, 0.2) is 0 Å². The van der Waals surface area contributed by atoms with Gasteiger partial charge in [0, 0.05) is 41.9 Å². The number of para-hydroxylation sites is 1. The molecule has 0 fully saturated rings. The van der Waals surface area contributed by atoms with Crippen molar-refractivity contribution in [2.75, 3.05) is 52.6 Å². The largest absolute Gasteiger partial charge is 0.384 e. The van der Waals surface area contributed by atoms with Crippen LogP contribution in [0.4, 0.5) is 11.4 Å². The van der Waals surface area contributed by atoms with Crippen LogP contribution in [0.3, 0.4) is 0 Å². The van der Waals surface area contributed by atoms with Crippen molar-refractivity contribution >= 4 is 23.2 Å². The van der Waals surface area contributed by atoms with Gasteiger partial charge in [-0.15, -0.1) is 0 Å². The number of nitrogens with zero attached hydrogens (tertiary/aromatic N) is 4. The molecule has 0 bridgehead atoms. The normalized spacial score (nSPS) is 10.7. The summed E-state index contributed by atoms with van der Waals surface area (Å²) in [5, 5.41) is 12.4. The maximum absolute atomic E-state index is 12.3. The first-order valence-electron chi connectivity index (χ1n) is 10.2. The van der Waals surface area contributed by atoms with Gasteiger partial charge in [-0.2, -0.15) is 0 Å². The van der Waals surface area contributed by atoms with Crippen LogP contribution in [-0.4, -0.2) is 63.6 Å². The molecule has 2 aromatic carbocycles. The number of hydrogen-bond donors (Lipinski definition) is 3. The van der Waals surface area contributed by atoms with Gasteiger partial charge >= 0.3 is 0 Å². The maximum atomic E-state index is 12.3. The van der Waals surface area contributed by atoms with Crippen molar-refractivity contribution in [2.24, 2.45) is 5.11 Å². The van der Waals surface area contributed by atoms with Crippen LogP contribution in [0.25, 0.3) is 10.4 Å². The summed E-state index contributed by atoms with van der Waals surface area (Å²) in [5.41, 5.74) is 10.9. The van der Waals surface area contributed by atoms with Crippen LogP contribution >= 0.6 is 0 Å². The molecule has 0 aliphatic carbocycles. The summed E-state index contributed by atoms with van der Waals surface area (Å²) < 4.78 is 0.759. The van der Waals surface area contributed by atoms with Gasteiger partial charge < -0.3 is 20.4 Å². The van der Waals surface area contributed by atoms with E-state index in [4.69, 9.17) is 5.53 Å². The third-order valence-corrected chi connectivity index (χ3v) is 4.95. The Morgan fingerprint density at radius 1 is 1.00 bits per heavy atom. The van der Waals surface area contributed by atoms with Crippen molar-refractivity contribution in [3.8, 4) is 0 Å². The molecule has 0 saturated heterocycles. The van der Waals surface area contributed by atoms with Crippen molar-refractivity contribution in [1.82, 2.24) is 10.6 Å². The van der Waals surface area contributed by atoms with Crippen LogP contribution in [0.2, 0.25) is 0 Å². The molecule has 0 heterocycles. The molecule has 2 aromatic rings. The van der Waals surface area contributed by atoms with E-state index in [2.05, 4.69) is 40.1 Å². The lowest BCUT2D eigenvalue weighted by Gasteiger charge is -2.30. The van der Waals surface area contributed by atoms with Crippen LogP contribution in [-0.2, 0) is 0 Å². The highest BCUT2D eigenvalue weighted by Crippen LogP contribution is 2.15. The zero-order valence-electron chi connectivity index (χ0n) is 18.3. The Balaban J connectivity index is 1.74. The first-order chi connectivity index (χ1) is 14.9. The fourth-order valence-corrected chi connectivity index (χ4v) is 3.12. The van der Waals surface area contributed by atoms with E-state index >= 15 is 0 Å². The molecule has 0 saturated carbocycles. The number of rotatable bonds is 11. The molecule has 9 nitrogen and oxygen atoms in total. The Labute approximate surface area is 182 Å². The zero-order valence-corrected chi connectivity index (χ0v) is 18.3. The molecule has 0 aliphatic rings. The highest BCUT2D eigenvalue weighted by Gasteiger charge is 2.16. The van der Waals surface area contributed by atoms with Gasteiger partial charge in [0.05, 0.1) is 39.3 Å². The third-order valence-electron chi connectivity index (χ3n) is 4.95. The number of amides is 2. The minimum Gasteiger partial charge on any atom is -0.384 e. The minimum atomic E-state index is -0.153. The van der Waals surface area contributed by atoms with Crippen LogP contribution in [0.15, 0.2) is 53.6 Å². The first kappa shape index (κ1) is 23.7. The Morgan fingerprint density at radius 2 is 1.71 bits per heavy atom. The SMILES string of the molecule is CNC(=O)c1ccccc1NCCC[N+](C)(C)CCNC(=O)c1ccc(N=[N+]=[N-])cc1. The lowest BCUT2D eigenvalue weighted by Crippen LogP contribution is -2.46. The fourth-order valence-electron chi connectivity index (χ4n) is 3.12. The number of anilines is 1. The van der Waals surface area contributed by atoms with Gasteiger partial charge in [-0.3, -0.25) is 9.59 Å². The molecule has 0 aliphatic heterocycles. The van der Waals surface area contributed by atoms with E-state index in [-0.39, 0.29) is 11.8 Å². The number of likely N-dealkylation sites (N-methyl/N-ethyl adjacent to an activating group) is 1. The monoisotopic (exact) mass is 424 g/mol. The number of nitrogens with one attached hydrogen (secondary N) is 3. The fraction of sp³-hybridized carbons (Fsp3) is 0.364. The lowest BCUT2D eigenvalue weighted by atomic mass is 10.1.